The van der Waals surface area contributed by atoms with Gasteiger partial charge in [-0.15, -0.1) is 11.8 Å². The Balaban J connectivity index is 2.64. The van der Waals surface area contributed by atoms with Crippen molar-refractivity contribution in [1.29, 1.82) is 0 Å². The van der Waals surface area contributed by atoms with Gasteiger partial charge in [0.2, 0.25) is 0 Å². The summed E-state index contributed by atoms with van der Waals surface area (Å²) in [5, 5.41) is 0. The number of hydrogen-bond acceptors (Lipinski definition) is 3. The first kappa shape index (κ1) is 15.6. The first-order valence-electron chi connectivity index (χ1n) is 5.80. The van der Waals surface area contributed by atoms with Crippen molar-refractivity contribution in [1.82, 2.24) is 0 Å². The quantitative estimate of drug-likeness (QED) is 0.812. The predicted molar refractivity (Wildman–Crippen MR) is 81.6 cm³/mol. The summed E-state index contributed by atoms with van der Waals surface area (Å²) in [4.78, 5) is 11.9. The van der Waals surface area contributed by atoms with E-state index in [0.29, 0.717) is 12.2 Å². The summed E-state index contributed by atoms with van der Waals surface area (Å²) in [7, 11) is 1.63. The summed E-state index contributed by atoms with van der Waals surface area (Å²) in [5.41, 5.74) is 0.980. The van der Waals surface area contributed by atoms with Crippen LogP contribution >= 0.6 is 27.7 Å². The van der Waals surface area contributed by atoms with Crippen LogP contribution in [0.25, 0.3) is 0 Å². The first-order valence-corrected chi connectivity index (χ1v) is 7.58. The van der Waals surface area contributed by atoms with E-state index in [1.807, 2.05) is 18.2 Å². The topological polar surface area (TPSA) is 26.3 Å². The van der Waals surface area contributed by atoms with E-state index < -0.39 is 0 Å². The fraction of sp³-hybridized carbons (Fsp3) is 0.500. The van der Waals surface area contributed by atoms with E-state index in [1.54, 1.807) is 18.9 Å². The summed E-state index contributed by atoms with van der Waals surface area (Å²) in [6.07, 6.45) is 0.445. The summed E-state index contributed by atoms with van der Waals surface area (Å²) in [6.45, 7) is 6.35. The normalized spacial score (nSPS) is 11.4. The van der Waals surface area contributed by atoms with Crippen LogP contribution < -0.4 is 4.74 Å². The molecule has 1 aromatic carbocycles. The molecular weight excluding hydrogens is 312 g/mol. The van der Waals surface area contributed by atoms with Crippen molar-refractivity contribution in [3.05, 3.63) is 28.2 Å². The van der Waals surface area contributed by atoms with E-state index in [2.05, 4.69) is 36.7 Å². The molecule has 0 aliphatic heterocycles. The van der Waals surface area contributed by atoms with E-state index >= 15 is 0 Å². The van der Waals surface area contributed by atoms with Crippen LogP contribution in [0.1, 0.15) is 26.3 Å². The van der Waals surface area contributed by atoms with Crippen LogP contribution in [0.2, 0.25) is 0 Å². The molecule has 18 heavy (non-hydrogen) atoms. The Morgan fingerprint density at radius 2 is 2.06 bits per heavy atom. The highest BCUT2D eigenvalue weighted by Crippen LogP contribution is 2.26. The molecule has 0 saturated carbocycles. The van der Waals surface area contributed by atoms with Gasteiger partial charge in [-0.1, -0.05) is 36.7 Å². The Kier molecular flexibility index (Phi) is 5.73. The smallest absolute Gasteiger partial charge is 0.147 e. The lowest BCUT2D eigenvalue weighted by Crippen LogP contribution is -2.14. The lowest BCUT2D eigenvalue weighted by Gasteiger charge is -2.16. The molecule has 0 unspecified atom stereocenters. The van der Waals surface area contributed by atoms with Crippen molar-refractivity contribution in [2.75, 3.05) is 12.9 Å². The van der Waals surface area contributed by atoms with Gasteiger partial charge in [-0.25, -0.2) is 0 Å². The zero-order valence-electron chi connectivity index (χ0n) is 11.2. The van der Waals surface area contributed by atoms with Gasteiger partial charge in [-0.3, -0.25) is 4.79 Å². The number of rotatable bonds is 5. The average molecular weight is 331 g/mol. The van der Waals surface area contributed by atoms with Gasteiger partial charge in [0.1, 0.15) is 11.5 Å². The largest absolute Gasteiger partial charge is 0.497 e. The van der Waals surface area contributed by atoms with Gasteiger partial charge in [0.15, 0.2) is 0 Å². The van der Waals surface area contributed by atoms with Crippen LogP contribution in [0.4, 0.5) is 0 Å². The molecule has 0 aliphatic rings. The minimum absolute atomic E-state index is 0.126. The molecule has 0 fully saturated rings. The van der Waals surface area contributed by atoms with Crippen LogP contribution in [0.3, 0.4) is 0 Å². The molecule has 0 amide bonds. The van der Waals surface area contributed by atoms with E-state index in [1.165, 1.54) is 0 Å². The summed E-state index contributed by atoms with van der Waals surface area (Å²) in [5.74, 6) is 1.57. The fourth-order valence-corrected chi connectivity index (χ4v) is 2.46. The van der Waals surface area contributed by atoms with Gasteiger partial charge in [-0.05, 0) is 23.8 Å². The Morgan fingerprint density at radius 1 is 1.39 bits per heavy atom. The van der Waals surface area contributed by atoms with E-state index in [4.69, 9.17) is 4.74 Å². The maximum absolute atomic E-state index is 11.9. The maximum Gasteiger partial charge on any atom is 0.147 e. The highest BCUT2D eigenvalue weighted by Gasteiger charge is 2.14. The second kappa shape index (κ2) is 6.62. The number of thioether (sulfide) groups is 1. The van der Waals surface area contributed by atoms with Crippen molar-refractivity contribution in [2.24, 2.45) is 0 Å². The van der Waals surface area contributed by atoms with Gasteiger partial charge in [0.25, 0.3) is 0 Å². The third-order valence-corrected chi connectivity index (χ3v) is 4.41. The van der Waals surface area contributed by atoms with Crippen molar-refractivity contribution < 1.29 is 9.53 Å². The van der Waals surface area contributed by atoms with Gasteiger partial charge in [0, 0.05) is 15.6 Å². The minimum atomic E-state index is 0.126. The number of hydrogen-bond donors (Lipinski definition) is 0. The molecule has 0 saturated heterocycles. The van der Waals surface area contributed by atoms with E-state index in [9.17, 15) is 4.79 Å². The van der Waals surface area contributed by atoms with E-state index in [0.717, 1.165) is 15.8 Å². The molecule has 0 aliphatic carbocycles. The van der Waals surface area contributed by atoms with Crippen LogP contribution in [-0.4, -0.2) is 23.4 Å². The van der Waals surface area contributed by atoms with Gasteiger partial charge in [-0.2, -0.15) is 0 Å². The third-order valence-electron chi connectivity index (χ3n) is 2.31. The monoisotopic (exact) mass is 330 g/mol. The SMILES string of the molecule is COc1ccc(Br)c(CC(=O)CSC(C)(C)C)c1. The van der Waals surface area contributed by atoms with Crippen molar-refractivity contribution in [3.8, 4) is 5.75 Å². The molecule has 0 N–H and O–H groups in total. The lowest BCUT2D eigenvalue weighted by molar-refractivity contribution is -0.116. The first-order chi connectivity index (χ1) is 8.31. The van der Waals surface area contributed by atoms with Crippen LogP contribution in [0.5, 0.6) is 5.75 Å². The third kappa shape index (κ3) is 5.44. The summed E-state index contributed by atoms with van der Waals surface area (Å²) >= 11 is 5.14. The van der Waals surface area contributed by atoms with Crippen LogP contribution in [0.15, 0.2) is 22.7 Å². The summed E-state index contributed by atoms with van der Waals surface area (Å²) < 4.78 is 6.25. The Labute approximate surface area is 122 Å². The molecule has 0 aromatic heterocycles. The molecule has 100 valence electrons. The predicted octanol–water partition coefficient (Wildman–Crippen LogP) is 4.10. The zero-order valence-corrected chi connectivity index (χ0v) is 13.7. The van der Waals surface area contributed by atoms with Gasteiger partial charge < -0.3 is 4.74 Å². The van der Waals surface area contributed by atoms with Gasteiger partial charge in [0.05, 0.1) is 12.9 Å². The number of halogens is 1. The maximum atomic E-state index is 11.9. The molecule has 1 rings (SSSR count). The van der Waals surface area contributed by atoms with Crippen LogP contribution in [-0.2, 0) is 11.2 Å². The second-order valence-electron chi connectivity index (χ2n) is 5.07. The average Bonchev–Trinajstić information content (AvgIpc) is 2.28. The molecule has 0 radical (unpaired) electrons. The lowest BCUT2D eigenvalue weighted by atomic mass is 10.1. The molecule has 0 spiro atoms. The standard InChI is InChI=1S/C14H19BrO2S/c1-14(2,3)18-9-11(16)7-10-8-12(17-4)5-6-13(10)15/h5-6,8H,7,9H2,1-4H3. The summed E-state index contributed by atoms with van der Waals surface area (Å²) in [6, 6.07) is 5.70. The number of ketones is 1. The van der Waals surface area contributed by atoms with Crippen molar-refractivity contribution in [3.63, 3.8) is 0 Å². The molecule has 0 bridgehead atoms. The molecular formula is C14H19BrO2S. The number of Topliss-reactive ketones (excluding diaryl/α,β-unsaturated/α-hetero) is 1. The number of carbonyl (C=O) groups excluding carboxylic acids is 1. The fourth-order valence-electron chi connectivity index (χ4n) is 1.37. The second-order valence-corrected chi connectivity index (χ2v) is 7.73. The highest BCUT2D eigenvalue weighted by atomic mass is 79.9. The Hall–Kier alpha value is -0.480. The number of benzene rings is 1. The molecule has 4 heteroatoms. The van der Waals surface area contributed by atoms with Crippen molar-refractivity contribution in [2.45, 2.75) is 31.9 Å². The molecule has 0 atom stereocenters. The number of ether oxygens (including phenoxy) is 1. The highest BCUT2D eigenvalue weighted by molar-refractivity contribution is 9.10. The minimum Gasteiger partial charge on any atom is -0.497 e. The van der Waals surface area contributed by atoms with Crippen molar-refractivity contribution >= 4 is 33.5 Å². The molecule has 2 nitrogen and oxygen atoms in total. The van der Waals surface area contributed by atoms with E-state index in [-0.39, 0.29) is 10.5 Å². The molecule has 0 heterocycles. The number of carbonyl (C=O) groups is 1. The zero-order chi connectivity index (χ0) is 13.8. The Bertz CT molecular complexity index is 424. The Morgan fingerprint density at radius 3 is 2.61 bits per heavy atom. The number of methoxy groups -OCH3 is 1. The van der Waals surface area contributed by atoms with Crippen LogP contribution in [0, 0.1) is 0 Å². The molecule has 1 aromatic rings. The van der Waals surface area contributed by atoms with Gasteiger partial charge >= 0.3 is 0 Å².